The molecule has 2 rings (SSSR count). The smallest absolute Gasteiger partial charge is 0.0676 e. The number of aliphatic hydroxyl groups excluding tert-OH is 1. The van der Waals surface area contributed by atoms with Crippen molar-refractivity contribution in [2.45, 2.75) is 31.2 Å². The third kappa shape index (κ3) is 4.03. The summed E-state index contributed by atoms with van der Waals surface area (Å²) >= 11 is 0. The summed E-state index contributed by atoms with van der Waals surface area (Å²) in [5, 5.41) is 12.8. The number of likely N-dealkylation sites (N-methyl/N-ethyl adjacent to an activating group) is 1. The molecule has 1 aromatic rings. The van der Waals surface area contributed by atoms with Crippen molar-refractivity contribution in [3.05, 3.63) is 35.9 Å². The summed E-state index contributed by atoms with van der Waals surface area (Å²) in [7, 11) is 1.92. The fraction of sp³-hybridized carbons (Fsp3) is 0.625. The van der Waals surface area contributed by atoms with Gasteiger partial charge in [0, 0.05) is 6.61 Å². The predicted octanol–water partition coefficient (Wildman–Crippen LogP) is 2.00. The standard InChI is InChI=1S/C16H25NO2/c1-17-16(12-18,15-9-10-15)13-19-11-5-8-14-6-3-2-4-7-14/h2-4,6-7,15,17-18H,5,8-13H2,1H3. The highest BCUT2D eigenvalue weighted by Crippen LogP contribution is 2.39. The fourth-order valence-corrected chi connectivity index (χ4v) is 2.56. The van der Waals surface area contributed by atoms with Crippen molar-refractivity contribution in [3.8, 4) is 0 Å². The molecule has 0 bridgehead atoms. The molecule has 2 N–H and O–H groups in total. The number of rotatable bonds is 9. The predicted molar refractivity (Wildman–Crippen MR) is 77.2 cm³/mol. The average molecular weight is 263 g/mol. The van der Waals surface area contributed by atoms with Gasteiger partial charge in [0.25, 0.3) is 0 Å². The van der Waals surface area contributed by atoms with Gasteiger partial charge in [-0.05, 0) is 44.2 Å². The van der Waals surface area contributed by atoms with Gasteiger partial charge in [-0.2, -0.15) is 0 Å². The first-order chi connectivity index (χ1) is 9.30. The Morgan fingerprint density at radius 1 is 1.32 bits per heavy atom. The van der Waals surface area contributed by atoms with Crippen LogP contribution in [0.4, 0.5) is 0 Å². The second-order valence-electron chi connectivity index (χ2n) is 5.48. The van der Waals surface area contributed by atoms with E-state index in [9.17, 15) is 5.11 Å². The molecule has 1 aromatic carbocycles. The summed E-state index contributed by atoms with van der Waals surface area (Å²) < 4.78 is 5.78. The second-order valence-corrected chi connectivity index (χ2v) is 5.48. The summed E-state index contributed by atoms with van der Waals surface area (Å²) in [6.45, 7) is 1.53. The van der Waals surface area contributed by atoms with Crippen LogP contribution >= 0.6 is 0 Å². The highest BCUT2D eigenvalue weighted by molar-refractivity contribution is 5.14. The van der Waals surface area contributed by atoms with E-state index < -0.39 is 0 Å². The van der Waals surface area contributed by atoms with Crippen molar-refractivity contribution < 1.29 is 9.84 Å². The molecule has 1 aliphatic carbocycles. The number of hydrogen-bond donors (Lipinski definition) is 2. The minimum atomic E-state index is -0.216. The molecule has 0 aromatic heterocycles. The van der Waals surface area contributed by atoms with Crippen LogP contribution in [0.1, 0.15) is 24.8 Å². The number of nitrogens with one attached hydrogen (secondary N) is 1. The summed E-state index contributed by atoms with van der Waals surface area (Å²) in [5.74, 6) is 0.580. The molecule has 3 heteroatoms. The average Bonchev–Trinajstić information content (AvgIpc) is 3.29. The molecular formula is C16H25NO2. The van der Waals surface area contributed by atoms with Gasteiger partial charge < -0.3 is 15.2 Å². The summed E-state index contributed by atoms with van der Waals surface area (Å²) in [5.41, 5.74) is 1.14. The molecule has 1 atom stereocenters. The molecule has 0 radical (unpaired) electrons. The van der Waals surface area contributed by atoms with Crippen LogP contribution in [0.3, 0.4) is 0 Å². The third-order valence-corrected chi connectivity index (χ3v) is 4.10. The monoisotopic (exact) mass is 263 g/mol. The molecule has 0 spiro atoms. The lowest BCUT2D eigenvalue weighted by Crippen LogP contribution is -2.52. The van der Waals surface area contributed by atoms with E-state index >= 15 is 0 Å². The molecule has 1 aliphatic rings. The number of benzene rings is 1. The van der Waals surface area contributed by atoms with Gasteiger partial charge >= 0.3 is 0 Å². The van der Waals surface area contributed by atoms with Gasteiger partial charge in [0.15, 0.2) is 0 Å². The van der Waals surface area contributed by atoms with E-state index in [0.29, 0.717) is 12.5 Å². The quantitative estimate of drug-likeness (QED) is 0.670. The van der Waals surface area contributed by atoms with E-state index in [0.717, 1.165) is 19.4 Å². The molecule has 0 amide bonds. The van der Waals surface area contributed by atoms with E-state index in [1.54, 1.807) is 0 Å². The molecule has 1 fully saturated rings. The lowest BCUT2D eigenvalue weighted by atomic mass is 9.95. The lowest BCUT2D eigenvalue weighted by Gasteiger charge is -2.31. The summed E-state index contributed by atoms with van der Waals surface area (Å²) in [6, 6.07) is 10.5. The number of ether oxygens (including phenoxy) is 1. The highest BCUT2D eigenvalue weighted by atomic mass is 16.5. The molecule has 19 heavy (non-hydrogen) atoms. The molecule has 106 valence electrons. The van der Waals surface area contributed by atoms with Crippen LogP contribution in [0.5, 0.6) is 0 Å². The minimum Gasteiger partial charge on any atom is -0.394 e. The maximum absolute atomic E-state index is 9.58. The van der Waals surface area contributed by atoms with Gasteiger partial charge in [0.1, 0.15) is 0 Å². The van der Waals surface area contributed by atoms with Gasteiger partial charge in [0.2, 0.25) is 0 Å². The van der Waals surface area contributed by atoms with Crippen LogP contribution in [-0.4, -0.2) is 37.5 Å². The Balaban J connectivity index is 1.66. The summed E-state index contributed by atoms with van der Waals surface area (Å²) in [6.07, 6.45) is 4.49. The first-order valence-electron chi connectivity index (χ1n) is 7.22. The number of aliphatic hydroxyl groups is 1. The van der Waals surface area contributed by atoms with Crippen molar-refractivity contribution in [3.63, 3.8) is 0 Å². The molecule has 0 heterocycles. The van der Waals surface area contributed by atoms with Crippen LogP contribution < -0.4 is 5.32 Å². The zero-order valence-corrected chi connectivity index (χ0v) is 11.8. The van der Waals surface area contributed by atoms with Crippen LogP contribution in [0, 0.1) is 5.92 Å². The Labute approximate surface area is 116 Å². The maximum atomic E-state index is 9.58. The largest absolute Gasteiger partial charge is 0.394 e. The molecule has 1 unspecified atom stereocenters. The van der Waals surface area contributed by atoms with E-state index in [1.165, 1.54) is 18.4 Å². The highest BCUT2D eigenvalue weighted by Gasteiger charge is 2.43. The second kappa shape index (κ2) is 7.04. The van der Waals surface area contributed by atoms with E-state index in [4.69, 9.17) is 4.74 Å². The molecule has 0 aliphatic heterocycles. The Bertz CT molecular complexity index is 358. The van der Waals surface area contributed by atoms with Gasteiger partial charge in [-0.15, -0.1) is 0 Å². The molecule has 3 nitrogen and oxygen atoms in total. The molecular weight excluding hydrogens is 238 g/mol. The summed E-state index contributed by atoms with van der Waals surface area (Å²) in [4.78, 5) is 0. The fourth-order valence-electron chi connectivity index (χ4n) is 2.56. The van der Waals surface area contributed by atoms with Gasteiger partial charge in [0.05, 0.1) is 18.8 Å². The normalized spacial score (nSPS) is 18.2. The zero-order valence-electron chi connectivity index (χ0n) is 11.8. The van der Waals surface area contributed by atoms with Crippen molar-refractivity contribution in [2.75, 3.05) is 26.9 Å². The SMILES string of the molecule is CNC(CO)(COCCCc1ccccc1)C1CC1. The van der Waals surface area contributed by atoms with E-state index in [1.807, 2.05) is 13.1 Å². The minimum absolute atomic E-state index is 0.160. The van der Waals surface area contributed by atoms with Crippen molar-refractivity contribution in [2.24, 2.45) is 5.92 Å². The number of hydrogen-bond acceptors (Lipinski definition) is 3. The topological polar surface area (TPSA) is 41.5 Å². The first-order valence-corrected chi connectivity index (χ1v) is 7.22. The molecule has 0 saturated heterocycles. The van der Waals surface area contributed by atoms with E-state index in [2.05, 4.69) is 29.6 Å². The Morgan fingerprint density at radius 2 is 2.05 bits per heavy atom. The number of aryl methyl sites for hydroxylation is 1. The Hall–Kier alpha value is -0.900. The van der Waals surface area contributed by atoms with Crippen LogP contribution in [0.25, 0.3) is 0 Å². The third-order valence-electron chi connectivity index (χ3n) is 4.10. The van der Waals surface area contributed by atoms with Crippen LogP contribution in [0.15, 0.2) is 30.3 Å². The molecule has 1 saturated carbocycles. The Kier molecular flexibility index (Phi) is 5.37. The van der Waals surface area contributed by atoms with Crippen molar-refractivity contribution in [1.82, 2.24) is 5.32 Å². The van der Waals surface area contributed by atoms with Gasteiger partial charge in [-0.25, -0.2) is 0 Å². The Morgan fingerprint density at radius 3 is 2.63 bits per heavy atom. The van der Waals surface area contributed by atoms with E-state index in [-0.39, 0.29) is 12.1 Å². The van der Waals surface area contributed by atoms with Gasteiger partial charge in [-0.1, -0.05) is 30.3 Å². The van der Waals surface area contributed by atoms with Crippen LogP contribution in [-0.2, 0) is 11.2 Å². The zero-order chi connectivity index (χ0) is 13.6. The van der Waals surface area contributed by atoms with Crippen LogP contribution in [0.2, 0.25) is 0 Å². The van der Waals surface area contributed by atoms with Crippen molar-refractivity contribution in [1.29, 1.82) is 0 Å². The maximum Gasteiger partial charge on any atom is 0.0676 e. The van der Waals surface area contributed by atoms with Crippen molar-refractivity contribution >= 4 is 0 Å². The lowest BCUT2D eigenvalue weighted by molar-refractivity contribution is 0.0270. The first kappa shape index (κ1) is 14.5. The van der Waals surface area contributed by atoms with Gasteiger partial charge in [-0.3, -0.25) is 0 Å².